The summed E-state index contributed by atoms with van der Waals surface area (Å²) in [7, 11) is 0. The summed E-state index contributed by atoms with van der Waals surface area (Å²) in [6.45, 7) is 3.29. The molecule has 22 heavy (non-hydrogen) atoms. The molecule has 0 bridgehead atoms. The number of nitrogens with zero attached hydrogens (tertiary/aromatic N) is 1. The van der Waals surface area contributed by atoms with Gasteiger partial charge < -0.3 is 5.11 Å². The van der Waals surface area contributed by atoms with E-state index >= 15 is 0 Å². The molecule has 0 aliphatic heterocycles. The van der Waals surface area contributed by atoms with E-state index < -0.39 is 5.97 Å². The van der Waals surface area contributed by atoms with Crippen molar-refractivity contribution in [1.29, 1.82) is 0 Å². The number of hydrogen-bond acceptors (Lipinski definition) is 2. The minimum Gasteiger partial charge on any atom is -0.478 e. The number of carboxylic acid groups (broad SMARTS) is 1. The van der Waals surface area contributed by atoms with Gasteiger partial charge in [0.1, 0.15) is 0 Å². The molecule has 3 heteroatoms. The summed E-state index contributed by atoms with van der Waals surface area (Å²) in [4.78, 5) is 13.6. The first kappa shape index (κ1) is 15.5. The topological polar surface area (TPSA) is 40.5 Å². The molecule has 0 amide bonds. The Morgan fingerprint density at radius 1 is 1.05 bits per heavy atom. The molecule has 3 nitrogen and oxygen atoms in total. The zero-order chi connectivity index (χ0) is 15.5. The first-order valence-corrected chi connectivity index (χ1v) is 8.75. The van der Waals surface area contributed by atoms with Crippen LogP contribution in [0, 0.1) is 5.92 Å². The van der Waals surface area contributed by atoms with Gasteiger partial charge in [-0.05, 0) is 62.1 Å². The summed E-state index contributed by atoms with van der Waals surface area (Å²) < 4.78 is 0. The lowest BCUT2D eigenvalue weighted by molar-refractivity contribution is 0.0697. The smallest absolute Gasteiger partial charge is 0.335 e. The van der Waals surface area contributed by atoms with Gasteiger partial charge in [-0.3, -0.25) is 4.90 Å². The Hall–Kier alpha value is -1.35. The third kappa shape index (κ3) is 3.70. The van der Waals surface area contributed by atoms with Crippen molar-refractivity contribution < 1.29 is 9.90 Å². The summed E-state index contributed by atoms with van der Waals surface area (Å²) in [5, 5.41) is 9.00. The lowest BCUT2D eigenvalue weighted by atomic mass is 9.83. The van der Waals surface area contributed by atoms with Crippen LogP contribution in [0.2, 0.25) is 0 Å². The Balaban J connectivity index is 1.63. The highest BCUT2D eigenvalue weighted by atomic mass is 16.4. The van der Waals surface area contributed by atoms with Crippen molar-refractivity contribution in [3.63, 3.8) is 0 Å². The number of carboxylic acids is 1. The average molecular weight is 301 g/mol. The maximum atomic E-state index is 10.9. The van der Waals surface area contributed by atoms with Crippen LogP contribution < -0.4 is 0 Å². The van der Waals surface area contributed by atoms with Crippen LogP contribution in [-0.4, -0.2) is 28.1 Å². The molecule has 0 unspecified atom stereocenters. The normalized spacial score (nSPS) is 25.4. The third-order valence-electron chi connectivity index (χ3n) is 5.44. The fourth-order valence-electron chi connectivity index (χ4n) is 3.81. The lowest BCUT2D eigenvalue weighted by Crippen LogP contribution is -2.39. The van der Waals surface area contributed by atoms with Gasteiger partial charge in [-0.25, -0.2) is 4.79 Å². The first-order chi connectivity index (χ1) is 10.7. The molecule has 2 aliphatic carbocycles. The highest BCUT2D eigenvalue weighted by molar-refractivity contribution is 5.87. The highest BCUT2D eigenvalue weighted by Gasteiger charge is 2.35. The van der Waals surface area contributed by atoms with Crippen molar-refractivity contribution in [3.8, 4) is 0 Å². The van der Waals surface area contributed by atoms with Crippen LogP contribution in [0.1, 0.15) is 67.8 Å². The molecule has 2 fully saturated rings. The minimum atomic E-state index is -0.844. The van der Waals surface area contributed by atoms with Gasteiger partial charge in [0, 0.05) is 18.6 Å². The summed E-state index contributed by atoms with van der Waals surface area (Å²) in [5.41, 5.74) is 1.62. The molecule has 0 atom stereocenters. The van der Waals surface area contributed by atoms with Crippen molar-refractivity contribution in [3.05, 3.63) is 35.4 Å². The Bertz CT molecular complexity index is 499. The Morgan fingerprint density at radius 3 is 2.05 bits per heavy atom. The third-order valence-corrected chi connectivity index (χ3v) is 5.44. The number of rotatable bonds is 6. The monoisotopic (exact) mass is 301 g/mol. The van der Waals surface area contributed by atoms with Crippen molar-refractivity contribution >= 4 is 5.97 Å². The van der Waals surface area contributed by atoms with Gasteiger partial charge in [-0.1, -0.05) is 25.5 Å². The Morgan fingerprint density at radius 2 is 1.59 bits per heavy atom. The lowest BCUT2D eigenvalue weighted by Gasteiger charge is -2.37. The first-order valence-electron chi connectivity index (χ1n) is 8.75. The number of aromatic carboxylic acids is 1. The van der Waals surface area contributed by atoms with Crippen LogP contribution in [0.25, 0.3) is 0 Å². The summed E-state index contributed by atoms with van der Waals surface area (Å²) in [6, 6.07) is 8.93. The quantitative estimate of drug-likeness (QED) is 0.850. The van der Waals surface area contributed by atoms with Crippen molar-refractivity contribution in [2.75, 3.05) is 0 Å². The van der Waals surface area contributed by atoms with Gasteiger partial charge in [0.2, 0.25) is 0 Å². The van der Waals surface area contributed by atoms with Gasteiger partial charge in [-0.2, -0.15) is 0 Å². The highest BCUT2D eigenvalue weighted by Crippen LogP contribution is 2.37. The van der Waals surface area contributed by atoms with E-state index in [1.807, 2.05) is 12.1 Å². The number of hydrogen-bond donors (Lipinski definition) is 1. The molecule has 120 valence electrons. The second-order valence-electron chi connectivity index (χ2n) is 6.99. The molecular formula is C19H27NO2. The second kappa shape index (κ2) is 6.82. The van der Waals surface area contributed by atoms with Crippen molar-refractivity contribution in [1.82, 2.24) is 4.90 Å². The predicted octanol–water partition coefficient (Wildman–Crippen LogP) is 4.32. The van der Waals surface area contributed by atoms with E-state index in [1.54, 1.807) is 12.1 Å². The van der Waals surface area contributed by atoms with E-state index in [4.69, 9.17) is 5.11 Å². The molecule has 0 radical (unpaired) electrons. The van der Waals surface area contributed by atoms with E-state index in [9.17, 15) is 4.79 Å². The van der Waals surface area contributed by atoms with Crippen LogP contribution in [0.3, 0.4) is 0 Å². The van der Waals surface area contributed by atoms with E-state index in [0.717, 1.165) is 24.5 Å². The number of carbonyl (C=O) groups is 1. The Labute approximate surface area is 133 Å². The zero-order valence-electron chi connectivity index (χ0n) is 13.5. The van der Waals surface area contributed by atoms with Gasteiger partial charge in [0.05, 0.1) is 5.56 Å². The minimum absolute atomic E-state index is 0.380. The fraction of sp³-hybridized carbons (Fsp3) is 0.632. The standard InChI is InChI=1S/C19H27NO2/c1-2-14-5-9-17(10-6-14)20(18-11-12-18)13-15-3-7-16(8-4-15)19(21)22/h3-4,7-8,14,17-18H,2,5-6,9-13H2,1H3,(H,21,22). The molecule has 2 aliphatic rings. The molecule has 3 rings (SSSR count). The second-order valence-corrected chi connectivity index (χ2v) is 6.99. The molecule has 1 aromatic rings. The van der Waals surface area contributed by atoms with Gasteiger partial charge in [0.25, 0.3) is 0 Å². The molecule has 1 N–H and O–H groups in total. The summed E-state index contributed by atoms with van der Waals surface area (Å²) in [6.07, 6.45) is 9.42. The van der Waals surface area contributed by atoms with E-state index in [2.05, 4.69) is 11.8 Å². The fourth-order valence-corrected chi connectivity index (χ4v) is 3.81. The van der Waals surface area contributed by atoms with E-state index in [-0.39, 0.29) is 0 Å². The van der Waals surface area contributed by atoms with E-state index in [0.29, 0.717) is 5.56 Å². The van der Waals surface area contributed by atoms with Crippen molar-refractivity contribution in [2.45, 2.75) is 70.5 Å². The molecular weight excluding hydrogens is 274 g/mol. The van der Waals surface area contributed by atoms with Gasteiger partial charge in [-0.15, -0.1) is 0 Å². The van der Waals surface area contributed by atoms with Crippen LogP contribution in [0.15, 0.2) is 24.3 Å². The van der Waals surface area contributed by atoms with E-state index in [1.165, 1.54) is 50.5 Å². The molecule has 0 saturated heterocycles. The van der Waals surface area contributed by atoms with Crippen LogP contribution in [0.4, 0.5) is 0 Å². The summed E-state index contributed by atoms with van der Waals surface area (Å²) >= 11 is 0. The van der Waals surface area contributed by atoms with Gasteiger partial charge in [0.15, 0.2) is 0 Å². The van der Waals surface area contributed by atoms with Crippen LogP contribution >= 0.6 is 0 Å². The van der Waals surface area contributed by atoms with Crippen LogP contribution in [-0.2, 0) is 6.54 Å². The molecule has 0 heterocycles. The largest absolute Gasteiger partial charge is 0.478 e. The van der Waals surface area contributed by atoms with Crippen molar-refractivity contribution in [2.24, 2.45) is 5.92 Å². The Kier molecular flexibility index (Phi) is 4.82. The molecule has 0 spiro atoms. The average Bonchev–Trinajstić information content (AvgIpc) is 3.38. The van der Waals surface area contributed by atoms with Crippen LogP contribution in [0.5, 0.6) is 0 Å². The molecule has 1 aromatic carbocycles. The van der Waals surface area contributed by atoms with Gasteiger partial charge >= 0.3 is 5.97 Å². The summed E-state index contributed by atoms with van der Waals surface area (Å²) in [5.74, 6) is 0.0932. The molecule has 2 saturated carbocycles. The SMILES string of the molecule is CCC1CCC(N(Cc2ccc(C(=O)O)cc2)C2CC2)CC1. The maximum absolute atomic E-state index is 10.9. The predicted molar refractivity (Wildman–Crippen MR) is 88.0 cm³/mol. The zero-order valence-corrected chi connectivity index (χ0v) is 13.5. The maximum Gasteiger partial charge on any atom is 0.335 e. The molecule has 0 aromatic heterocycles. The number of benzene rings is 1.